The molecular formula is C25H26N4O5S. The van der Waals surface area contributed by atoms with Crippen LogP contribution in [0.4, 0.5) is 17.1 Å². The normalized spacial score (nSPS) is 13.2. The van der Waals surface area contributed by atoms with E-state index in [0.717, 1.165) is 24.4 Å². The number of anilines is 3. The Morgan fingerprint density at radius 3 is 2.23 bits per heavy atom. The fraction of sp³-hybridized carbons (Fsp3) is 0.200. The van der Waals surface area contributed by atoms with Gasteiger partial charge in [0.05, 0.1) is 19.9 Å². The molecule has 0 saturated heterocycles. The lowest BCUT2D eigenvalue weighted by Crippen LogP contribution is -2.16. The first-order valence-corrected chi connectivity index (χ1v) is 12.4. The third kappa shape index (κ3) is 5.55. The standard InChI is InChI=1S/C25H26N4O5S/c1-17-14-15-29(27-17)21-9-4-18(5-10-21)25(30)26-20-8-13-23(34-3)24(16-20)35(31,32)28-19-6-11-22(33-2)12-7-19/h4-13,16,28H,14-15H2,1-3H3,(H,26,30). The third-order valence-corrected chi connectivity index (χ3v) is 6.86. The molecule has 0 spiro atoms. The van der Waals surface area contributed by atoms with Crippen LogP contribution < -0.4 is 24.5 Å². The highest BCUT2D eigenvalue weighted by atomic mass is 32.2. The summed E-state index contributed by atoms with van der Waals surface area (Å²) in [5.41, 5.74) is 3.08. The van der Waals surface area contributed by atoms with Crippen molar-refractivity contribution < 1.29 is 22.7 Å². The molecule has 0 atom stereocenters. The summed E-state index contributed by atoms with van der Waals surface area (Å²) in [5, 5.41) is 9.11. The van der Waals surface area contributed by atoms with Crippen molar-refractivity contribution in [1.82, 2.24) is 0 Å². The highest BCUT2D eigenvalue weighted by Crippen LogP contribution is 2.30. The molecule has 10 heteroatoms. The van der Waals surface area contributed by atoms with Gasteiger partial charge in [-0.05, 0) is 73.7 Å². The molecule has 0 bridgehead atoms. The van der Waals surface area contributed by atoms with Crippen molar-refractivity contribution in [3.05, 3.63) is 72.3 Å². The van der Waals surface area contributed by atoms with E-state index in [1.165, 1.54) is 26.4 Å². The van der Waals surface area contributed by atoms with Gasteiger partial charge in [0.25, 0.3) is 15.9 Å². The lowest BCUT2D eigenvalue weighted by atomic mass is 10.2. The number of amides is 1. The van der Waals surface area contributed by atoms with E-state index in [1.807, 2.05) is 24.1 Å². The number of carbonyl (C=O) groups is 1. The van der Waals surface area contributed by atoms with E-state index < -0.39 is 10.0 Å². The zero-order chi connectivity index (χ0) is 25.0. The lowest BCUT2D eigenvalue weighted by molar-refractivity contribution is 0.102. The van der Waals surface area contributed by atoms with Crippen LogP contribution in [0.15, 0.2) is 76.7 Å². The third-order valence-electron chi connectivity index (χ3n) is 5.46. The summed E-state index contributed by atoms with van der Waals surface area (Å²) in [4.78, 5) is 12.7. The Bertz CT molecular complexity index is 1350. The minimum absolute atomic E-state index is 0.105. The number of carbonyl (C=O) groups excluding carboxylic acids is 1. The first-order chi connectivity index (χ1) is 16.8. The molecule has 0 fully saturated rings. The predicted octanol–water partition coefficient (Wildman–Crippen LogP) is 4.34. The summed E-state index contributed by atoms with van der Waals surface area (Å²) >= 11 is 0. The minimum Gasteiger partial charge on any atom is -0.497 e. The molecule has 3 aromatic carbocycles. The molecule has 35 heavy (non-hydrogen) atoms. The van der Waals surface area contributed by atoms with Crippen molar-refractivity contribution in [1.29, 1.82) is 0 Å². The van der Waals surface area contributed by atoms with Crippen LogP contribution >= 0.6 is 0 Å². The van der Waals surface area contributed by atoms with Gasteiger partial charge in [-0.25, -0.2) is 8.42 Å². The molecule has 0 saturated carbocycles. The Hall–Kier alpha value is -4.05. The fourth-order valence-electron chi connectivity index (χ4n) is 3.58. The summed E-state index contributed by atoms with van der Waals surface area (Å²) < 4.78 is 39.0. The number of sulfonamides is 1. The molecule has 1 amide bonds. The fourth-order valence-corrected chi connectivity index (χ4v) is 4.84. The summed E-state index contributed by atoms with van der Waals surface area (Å²) in [6, 6.07) is 18.0. The second kappa shape index (κ2) is 10.1. The number of methoxy groups -OCH3 is 2. The monoisotopic (exact) mass is 494 g/mol. The maximum absolute atomic E-state index is 13.1. The highest BCUT2D eigenvalue weighted by Gasteiger charge is 2.21. The summed E-state index contributed by atoms with van der Waals surface area (Å²) in [7, 11) is -1.09. The Balaban J connectivity index is 1.52. The van der Waals surface area contributed by atoms with E-state index >= 15 is 0 Å². The molecule has 182 valence electrons. The number of benzene rings is 3. The van der Waals surface area contributed by atoms with Gasteiger partial charge < -0.3 is 14.8 Å². The van der Waals surface area contributed by atoms with Crippen LogP contribution in [0.3, 0.4) is 0 Å². The number of nitrogens with zero attached hydrogens (tertiary/aromatic N) is 2. The van der Waals surface area contributed by atoms with Gasteiger partial charge in [-0.1, -0.05) is 0 Å². The Morgan fingerprint density at radius 1 is 0.943 bits per heavy atom. The maximum atomic E-state index is 13.1. The van der Waals surface area contributed by atoms with Crippen LogP contribution in [0, 0.1) is 0 Å². The topological polar surface area (TPSA) is 109 Å². The van der Waals surface area contributed by atoms with E-state index in [4.69, 9.17) is 9.47 Å². The summed E-state index contributed by atoms with van der Waals surface area (Å²) in [6.07, 6.45) is 0.915. The van der Waals surface area contributed by atoms with Gasteiger partial charge in [0.15, 0.2) is 0 Å². The van der Waals surface area contributed by atoms with Crippen molar-refractivity contribution in [3.63, 3.8) is 0 Å². The van der Waals surface area contributed by atoms with Crippen molar-refractivity contribution in [2.75, 3.05) is 35.8 Å². The van der Waals surface area contributed by atoms with Gasteiger partial charge in [-0.15, -0.1) is 0 Å². The number of rotatable bonds is 8. The summed E-state index contributed by atoms with van der Waals surface area (Å²) in [6.45, 7) is 2.79. The molecule has 0 radical (unpaired) electrons. The van der Waals surface area contributed by atoms with Gasteiger partial charge in [0.1, 0.15) is 16.4 Å². The molecule has 2 N–H and O–H groups in total. The first kappa shape index (κ1) is 24.1. The largest absolute Gasteiger partial charge is 0.497 e. The van der Waals surface area contributed by atoms with Crippen LogP contribution in [0.2, 0.25) is 0 Å². The van der Waals surface area contributed by atoms with Gasteiger partial charge in [0.2, 0.25) is 0 Å². The highest BCUT2D eigenvalue weighted by molar-refractivity contribution is 7.92. The van der Waals surface area contributed by atoms with Crippen LogP contribution in [0.1, 0.15) is 23.7 Å². The zero-order valence-electron chi connectivity index (χ0n) is 19.6. The first-order valence-electron chi connectivity index (χ1n) is 10.9. The minimum atomic E-state index is -4.00. The van der Waals surface area contributed by atoms with E-state index in [9.17, 15) is 13.2 Å². The lowest BCUT2D eigenvalue weighted by Gasteiger charge is -2.15. The van der Waals surface area contributed by atoms with Crippen LogP contribution in [0.5, 0.6) is 11.5 Å². The van der Waals surface area contributed by atoms with Crippen molar-refractivity contribution in [2.24, 2.45) is 5.10 Å². The molecule has 9 nitrogen and oxygen atoms in total. The molecule has 1 aliphatic heterocycles. The number of hydrogen-bond donors (Lipinski definition) is 2. The van der Waals surface area contributed by atoms with Crippen LogP contribution in [0.25, 0.3) is 0 Å². The molecule has 3 aromatic rings. The Kier molecular flexibility index (Phi) is 6.92. The number of hydrogen-bond acceptors (Lipinski definition) is 7. The van der Waals surface area contributed by atoms with Crippen molar-refractivity contribution in [2.45, 2.75) is 18.2 Å². The second-order valence-electron chi connectivity index (χ2n) is 7.91. The Morgan fingerprint density at radius 2 is 1.63 bits per heavy atom. The SMILES string of the molecule is COc1ccc(NS(=O)(=O)c2cc(NC(=O)c3ccc(N4CCC(C)=N4)cc3)ccc2OC)cc1. The number of ether oxygens (including phenoxy) is 2. The maximum Gasteiger partial charge on any atom is 0.265 e. The molecular weight excluding hydrogens is 468 g/mol. The van der Waals surface area contributed by atoms with Gasteiger partial charge in [-0.3, -0.25) is 14.5 Å². The molecule has 1 heterocycles. The van der Waals surface area contributed by atoms with E-state index in [1.54, 1.807) is 42.5 Å². The zero-order valence-corrected chi connectivity index (χ0v) is 20.4. The second-order valence-corrected chi connectivity index (χ2v) is 9.56. The predicted molar refractivity (Wildman–Crippen MR) is 136 cm³/mol. The van der Waals surface area contributed by atoms with E-state index in [2.05, 4.69) is 15.1 Å². The van der Waals surface area contributed by atoms with Crippen molar-refractivity contribution in [3.8, 4) is 11.5 Å². The summed E-state index contributed by atoms with van der Waals surface area (Å²) in [5.74, 6) is 0.385. The quantitative estimate of drug-likeness (QED) is 0.482. The number of nitrogens with one attached hydrogen (secondary N) is 2. The van der Waals surface area contributed by atoms with E-state index in [0.29, 0.717) is 22.7 Å². The average Bonchev–Trinajstić information content (AvgIpc) is 3.30. The Labute approximate surface area is 204 Å². The van der Waals surface area contributed by atoms with Gasteiger partial charge >= 0.3 is 0 Å². The van der Waals surface area contributed by atoms with Crippen LogP contribution in [-0.4, -0.2) is 40.8 Å². The molecule has 0 unspecified atom stereocenters. The van der Waals surface area contributed by atoms with Crippen molar-refractivity contribution >= 4 is 38.7 Å². The molecule has 4 rings (SSSR count). The van der Waals surface area contributed by atoms with Gasteiger partial charge in [0, 0.05) is 35.6 Å². The van der Waals surface area contributed by atoms with E-state index in [-0.39, 0.29) is 16.6 Å². The molecule has 0 aromatic heterocycles. The van der Waals surface area contributed by atoms with Gasteiger partial charge in [-0.2, -0.15) is 5.10 Å². The average molecular weight is 495 g/mol. The number of hydrazone groups is 1. The molecule has 0 aliphatic carbocycles. The molecule has 1 aliphatic rings. The smallest absolute Gasteiger partial charge is 0.265 e. The van der Waals surface area contributed by atoms with Crippen LogP contribution in [-0.2, 0) is 10.0 Å².